The smallest absolute Gasteiger partial charge is 0.239 e. The van der Waals surface area contributed by atoms with Crippen molar-refractivity contribution in [3.8, 4) is 11.5 Å². The van der Waals surface area contributed by atoms with Crippen LogP contribution in [0.2, 0.25) is 0 Å². The van der Waals surface area contributed by atoms with E-state index in [0.29, 0.717) is 17.2 Å². The van der Waals surface area contributed by atoms with Crippen LogP contribution in [0, 0.1) is 5.82 Å². The number of amides is 1. The summed E-state index contributed by atoms with van der Waals surface area (Å²) in [5, 5.41) is 2.60. The Bertz CT molecular complexity index is 918. The zero-order valence-corrected chi connectivity index (χ0v) is 16.0. The Morgan fingerprint density at radius 1 is 1.15 bits per heavy atom. The van der Waals surface area contributed by atoms with Gasteiger partial charge in [-0.2, -0.15) is 4.31 Å². The highest BCUT2D eigenvalue weighted by Crippen LogP contribution is 2.28. The minimum atomic E-state index is -3.75. The second kappa shape index (κ2) is 8.83. The van der Waals surface area contributed by atoms with E-state index in [4.69, 9.17) is 9.47 Å². The van der Waals surface area contributed by atoms with E-state index in [1.807, 2.05) is 0 Å². The molecule has 0 aliphatic heterocycles. The topological polar surface area (TPSA) is 84.9 Å². The predicted octanol–water partition coefficient (Wildman–Crippen LogP) is 2.24. The van der Waals surface area contributed by atoms with Gasteiger partial charge in [-0.05, 0) is 18.2 Å². The first kappa shape index (κ1) is 20.7. The van der Waals surface area contributed by atoms with Crippen LogP contribution in [-0.2, 0) is 21.4 Å². The summed E-state index contributed by atoms with van der Waals surface area (Å²) in [5.41, 5.74) is 0.510. The van der Waals surface area contributed by atoms with Gasteiger partial charge in [0.2, 0.25) is 15.9 Å². The van der Waals surface area contributed by atoms with Crippen molar-refractivity contribution >= 4 is 21.6 Å². The third-order valence-electron chi connectivity index (χ3n) is 3.77. The number of benzene rings is 2. The molecule has 0 aliphatic carbocycles. The van der Waals surface area contributed by atoms with E-state index >= 15 is 0 Å². The number of ether oxygens (including phenoxy) is 2. The number of nitrogens with zero attached hydrogens (tertiary/aromatic N) is 1. The number of rotatable bonds is 8. The molecule has 0 heterocycles. The van der Waals surface area contributed by atoms with Gasteiger partial charge in [-0.25, -0.2) is 12.8 Å². The molecule has 0 saturated heterocycles. The zero-order chi connectivity index (χ0) is 20.0. The molecule has 0 aliphatic rings. The Hall–Kier alpha value is -2.65. The Balaban J connectivity index is 2.19. The minimum Gasteiger partial charge on any atom is -0.497 e. The highest BCUT2D eigenvalue weighted by molar-refractivity contribution is 7.88. The molecule has 2 aromatic carbocycles. The molecule has 7 nitrogen and oxygen atoms in total. The fourth-order valence-corrected chi connectivity index (χ4v) is 3.09. The van der Waals surface area contributed by atoms with Crippen molar-refractivity contribution in [2.24, 2.45) is 0 Å². The molecule has 0 aromatic heterocycles. The fourth-order valence-electron chi connectivity index (χ4n) is 2.37. The van der Waals surface area contributed by atoms with Crippen LogP contribution in [0.4, 0.5) is 10.1 Å². The summed E-state index contributed by atoms with van der Waals surface area (Å²) in [6.07, 6.45) is 0.966. The largest absolute Gasteiger partial charge is 0.497 e. The van der Waals surface area contributed by atoms with Crippen LogP contribution in [0.1, 0.15) is 5.56 Å². The van der Waals surface area contributed by atoms with E-state index in [9.17, 15) is 17.6 Å². The van der Waals surface area contributed by atoms with Gasteiger partial charge in [0.05, 0.1) is 32.7 Å². The molecule has 0 spiro atoms. The van der Waals surface area contributed by atoms with Crippen molar-refractivity contribution in [2.75, 3.05) is 32.3 Å². The van der Waals surface area contributed by atoms with E-state index in [2.05, 4.69) is 5.32 Å². The number of hydrogen-bond donors (Lipinski definition) is 1. The summed E-state index contributed by atoms with van der Waals surface area (Å²) in [6.45, 7) is -0.734. The number of carbonyl (C=O) groups is 1. The van der Waals surface area contributed by atoms with Crippen molar-refractivity contribution < 1.29 is 27.1 Å². The van der Waals surface area contributed by atoms with E-state index in [0.717, 1.165) is 10.6 Å². The molecule has 2 rings (SSSR count). The van der Waals surface area contributed by atoms with Crippen LogP contribution < -0.4 is 14.8 Å². The third-order valence-corrected chi connectivity index (χ3v) is 4.97. The Morgan fingerprint density at radius 2 is 1.85 bits per heavy atom. The lowest BCUT2D eigenvalue weighted by Gasteiger charge is -2.20. The van der Waals surface area contributed by atoms with Crippen LogP contribution in [0.25, 0.3) is 0 Å². The van der Waals surface area contributed by atoms with Crippen LogP contribution in [0.5, 0.6) is 11.5 Å². The molecule has 27 heavy (non-hydrogen) atoms. The predicted molar refractivity (Wildman–Crippen MR) is 99.8 cm³/mol. The summed E-state index contributed by atoms with van der Waals surface area (Å²) < 4.78 is 49.1. The molecule has 0 fully saturated rings. The minimum absolute atomic E-state index is 0.176. The molecule has 0 bridgehead atoms. The third kappa shape index (κ3) is 5.66. The molecule has 0 saturated carbocycles. The maximum atomic E-state index is 13.9. The average Bonchev–Trinajstić information content (AvgIpc) is 2.62. The quantitative estimate of drug-likeness (QED) is 0.740. The van der Waals surface area contributed by atoms with E-state index < -0.39 is 28.3 Å². The van der Waals surface area contributed by atoms with E-state index in [1.165, 1.54) is 32.4 Å². The van der Waals surface area contributed by atoms with Crippen LogP contribution >= 0.6 is 0 Å². The number of halogens is 1. The number of nitrogens with one attached hydrogen (secondary N) is 1. The Labute approximate surface area is 157 Å². The fraction of sp³-hybridized carbons (Fsp3) is 0.278. The average molecular weight is 396 g/mol. The van der Waals surface area contributed by atoms with Gasteiger partial charge in [0, 0.05) is 18.2 Å². The first-order chi connectivity index (χ1) is 12.7. The molecule has 0 unspecified atom stereocenters. The SMILES string of the molecule is COc1ccc(OC)c(NC(=O)CN(Cc2ccccc2F)S(C)(=O)=O)c1. The summed E-state index contributed by atoms with van der Waals surface area (Å²) in [5.74, 6) is -0.245. The summed E-state index contributed by atoms with van der Waals surface area (Å²) in [7, 11) is -0.824. The monoisotopic (exact) mass is 396 g/mol. The number of methoxy groups -OCH3 is 2. The highest BCUT2D eigenvalue weighted by Gasteiger charge is 2.22. The Kier molecular flexibility index (Phi) is 6.75. The van der Waals surface area contributed by atoms with Gasteiger partial charge in [0.25, 0.3) is 0 Å². The first-order valence-electron chi connectivity index (χ1n) is 7.95. The lowest BCUT2D eigenvalue weighted by molar-refractivity contribution is -0.116. The zero-order valence-electron chi connectivity index (χ0n) is 15.2. The van der Waals surface area contributed by atoms with Gasteiger partial charge in [0.1, 0.15) is 17.3 Å². The second-order valence-electron chi connectivity index (χ2n) is 5.74. The molecule has 146 valence electrons. The van der Waals surface area contributed by atoms with Gasteiger partial charge >= 0.3 is 0 Å². The van der Waals surface area contributed by atoms with Crippen molar-refractivity contribution in [1.29, 1.82) is 0 Å². The molecule has 0 atom stereocenters. The van der Waals surface area contributed by atoms with Gasteiger partial charge in [0.15, 0.2) is 0 Å². The van der Waals surface area contributed by atoms with Crippen LogP contribution in [0.3, 0.4) is 0 Å². The van der Waals surface area contributed by atoms with E-state index in [-0.39, 0.29) is 12.1 Å². The van der Waals surface area contributed by atoms with Gasteiger partial charge in [-0.1, -0.05) is 18.2 Å². The van der Waals surface area contributed by atoms with Crippen LogP contribution in [-0.4, -0.2) is 45.7 Å². The van der Waals surface area contributed by atoms with Gasteiger partial charge in [-0.3, -0.25) is 4.79 Å². The van der Waals surface area contributed by atoms with Crippen molar-refractivity contribution in [2.45, 2.75) is 6.54 Å². The van der Waals surface area contributed by atoms with Crippen LogP contribution in [0.15, 0.2) is 42.5 Å². The van der Waals surface area contributed by atoms with Crippen molar-refractivity contribution in [1.82, 2.24) is 4.31 Å². The summed E-state index contributed by atoms with van der Waals surface area (Å²) >= 11 is 0. The number of hydrogen-bond acceptors (Lipinski definition) is 5. The second-order valence-corrected chi connectivity index (χ2v) is 7.72. The lowest BCUT2D eigenvalue weighted by atomic mass is 10.2. The molecule has 1 N–H and O–H groups in total. The molecular weight excluding hydrogens is 375 g/mol. The summed E-state index contributed by atoms with van der Waals surface area (Å²) in [4.78, 5) is 12.4. The standard InChI is InChI=1S/C18H21FN2O5S/c1-25-14-8-9-17(26-2)16(10-14)20-18(22)12-21(27(3,23)24)11-13-6-4-5-7-15(13)19/h4-10H,11-12H2,1-3H3,(H,20,22). The van der Waals surface area contributed by atoms with Gasteiger partial charge in [-0.15, -0.1) is 0 Å². The number of anilines is 1. The maximum Gasteiger partial charge on any atom is 0.239 e. The molecule has 1 amide bonds. The molecular formula is C18H21FN2O5S. The molecule has 2 aromatic rings. The highest BCUT2D eigenvalue weighted by atomic mass is 32.2. The van der Waals surface area contributed by atoms with Crippen molar-refractivity contribution in [3.05, 3.63) is 53.8 Å². The summed E-state index contributed by atoms with van der Waals surface area (Å²) in [6, 6.07) is 10.6. The molecule has 0 radical (unpaired) electrons. The maximum absolute atomic E-state index is 13.9. The Morgan fingerprint density at radius 3 is 2.44 bits per heavy atom. The van der Waals surface area contributed by atoms with E-state index in [1.54, 1.807) is 24.3 Å². The first-order valence-corrected chi connectivity index (χ1v) is 9.80. The lowest BCUT2D eigenvalue weighted by Crippen LogP contribution is -2.37. The number of sulfonamides is 1. The molecule has 9 heteroatoms. The number of carbonyl (C=O) groups excluding carboxylic acids is 1. The van der Waals surface area contributed by atoms with Crippen molar-refractivity contribution in [3.63, 3.8) is 0 Å². The normalized spacial score (nSPS) is 11.3. The van der Waals surface area contributed by atoms with Gasteiger partial charge < -0.3 is 14.8 Å².